The van der Waals surface area contributed by atoms with E-state index in [1.807, 2.05) is 24.1 Å². The molecule has 4 heteroatoms. The van der Waals surface area contributed by atoms with Crippen molar-refractivity contribution >= 4 is 11.8 Å². The number of nitrogens with zero attached hydrogens (tertiary/aromatic N) is 2. The maximum absolute atomic E-state index is 11.7. The van der Waals surface area contributed by atoms with E-state index in [1.54, 1.807) is 0 Å². The Balaban J connectivity index is 2.18. The molecule has 0 saturated heterocycles. The van der Waals surface area contributed by atoms with Crippen LogP contribution >= 0.6 is 0 Å². The summed E-state index contributed by atoms with van der Waals surface area (Å²) in [5.41, 5.74) is 0. The van der Waals surface area contributed by atoms with Gasteiger partial charge in [0.1, 0.15) is 0 Å². The summed E-state index contributed by atoms with van der Waals surface area (Å²) >= 11 is 0. The normalized spacial score (nSPS) is 22.6. The van der Waals surface area contributed by atoms with Gasteiger partial charge < -0.3 is 10.0 Å². The first-order valence-corrected chi connectivity index (χ1v) is 8.44. The highest BCUT2D eigenvalue weighted by Crippen LogP contribution is 2.25. The van der Waals surface area contributed by atoms with Crippen LogP contribution in [0.15, 0.2) is 17.3 Å². The molecule has 118 valence electrons. The van der Waals surface area contributed by atoms with Crippen LogP contribution in [-0.4, -0.2) is 33.9 Å². The predicted octanol–water partition coefficient (Wildman–Crippen LogP) is 3.97. The van der Waals surface area contributed by atoms with Gasteiger partial charge in [0.2, 0.25) is 5.84 Å². The van der Waals surface area contributed by atoms with Crippen LogP contribution in [-0.2, 0) is 4.79 Å². The molecule has 1 N–H and O–H groups in total. The van der Waals surface area contributed by atoms with Crippen LogP contribution in [0.4, 0.5) is 0 Å². The van der Waals surface area contributed by atoms with Gasteiger partial charge in [0.25, 0.3) is 0 Å². The van der Waals surface area contributed by atoms with E-state index in [9.17, 15) is 9.90 Å². The highest BCUT2D eigenvalue weighted by atomic mass is 16.4. The number of carbonyl (C=O) groups is 1. The first-order valence-electron chi connectivity index (χ1n) is 8.44. The second-order valence-electron chi connectivity index (χ2n) is 6.23. The van der Waals surface area contributed by atoms with E-state index >= 15 is 0 Å². The van der Waals surface area contributed by atoms with Gasteiger partial charge in [-0.1, -0.05) is 44.6 Å². The van der Waals surface area contributed by atoms with E-state index in [0.29, 0.717) is 6.04 Å². The van der Waals surface area contributed by atoms with E-state index in [0.717, 1.165) is 25.7 Å². The molecule has 0 radical (unpaired) electrons. The molecule has 0 atom stereocenters. The molecule has 0 aromatic heterocycles. The van der Waals surface area contributed by atoms with E-state index in [2.05, 4.69) is 4.99 Å². The maximum atomic E-state index is 11.7. The Kier molecular flexibility index (Phi) is 6.27. The maximum Gasteiger partial charge on any atom is 0.371 e. The van der Waals surface area contributed by atoms with E-state index < -0.39 is 5.97 Å². The number of hydrogen-bond acceptors (Lipinski definition) is 2. The molecule has 0 heterocycles. The van der Waals surface area contributed by atoms with Crippen LogP contribution in [0.2, 0.25) is 0 Å². The zero-order valence-electron chi connectivity index (χ0n) is 13.1. The Morgan fingerprint density at radius 3 is 2.14 bits per heavy atom. The van der Waals surface area contributed by atoms with Crippen molar-refractivity contribution in [1.29, 1.82) is 0 Å². The van der Waals surface area contributed by atoms with Crippen LogP contribution < -0.4 is 0 Å². The fourth-order valence-electron chi connectivity index (χ4n) is 3.50. The number of carboxylic acids is 1. The van der Waals surface area contributed by atoms with Crippen molar-refractivity contribution < 1.29 is 9.90 Å². The van der Waals surface area contributed by atoms with Gasteiger partial charge in [-0.15, -0.1) is 0 Å². The van der Waals surface area contributed by atoms with Gasteiger partial charge in [-0.2, -0.15) is 0 Å². The minimum atomic E-state index is -0.885. The molecule has 2 fully saturated rings. The van der Waals surface area contributed by atoms with Crippen molar-refractivity contribution in [2.24, 2.45) is 4.99 Å². The molecule has 0 bridgehead atoms. The van der Waals surface area contributed by atoms with Gasteiger partial charge in [-0.05, 0) is 32.6 Å². The van der Waals surface area contributed by atoms with Gasteiger partial charge in [0, 0.05) is 12.2 Å². The van der Waals surface area contributed by atoms with Crippen molar-refractivity contribution in [2.75, 3.05) is 0 Å². The lowest BCUT2D eigenvalue weighted by atomic mass is 9.94. The zero-order valence-corrected chi connectivity index (χ0v) is 13.1. The lowest BCUT2D eigenvalue weighted by molar-refractivity contribution is -0.130. The highest BCUT2D eigenvalue weighted by molar-refractivity contribution is 6.34. The van der Waals surface area contributed by atoms with E-state index in [-0.39, 0.29) is 11.9 Å². The van der Waals surface area contributed by atoms with Gasteiger partial charge in [0.15, 0.2) is 0 Å². The SMILES string of the molecule is C/C=C\N(C(=NC1CCCCC1)C(=O)O)C1CCCCC1. The van der Waals surface area contributed by atoms with Crippen LogP contribution in [0.1, 0.15) is 71.1 Å². The van der Waals surface area contributed by atoms with Crippen molar-refractivity contribution in [2.45, 2.75) is 83.2 Å². The molecule has 0 amide bonds. The molecule has 2 saturated carbocycles. The third-order valence-corrected chi connectivity index (χ3v) is 4.59. The van der Waals surface area contributed by atoms with Crippen LogP contribution in [0.5, 0.6) is 0 Å². The molecule has 0 spiro atoms. The molecule has 4 nitrogen and oxygen atoms in total. The summed E-state index contributed by atoms with van der Waals surface area (Å²) in [7, 11) is 0. The summed E-state index contributed by atoms with van der Waals surface area (Å²) in [5, 5.41) is 9.63. The number of hydrogen-bond donors (Lipinski definition) is 1. The molecule has 0 unspecified atom stereocenters. The Morgan fingerprint density at radius 2 is 1.62 bits per heavy atom. The number of rotatable bonds is 3. The minimum absolute atomic E-state index is 0.196. The molecular weight excluding hydrogens is 264 g/mol. The van der Waals surface area contributed by atoms with Gasteiger partial charge in [-0.3, -0.25) is 4.99 Å². The molecular formula is C17H28N2O2. The molecule has 0 aliphatic heterocycles. The Morgan fingerprint density at radius 1 is 1.05 bits per heavy atom. The van der Waals surface area contributed by atoms with Crippen LogP contribution in [0.3, 0.4) is 0 Å². The number of allylic oxidation sites excluding steroid dienone is 1. The van der Waals surface area contributed by atoms with Crippen LogP contribution in [0.25, 0.3) is 0 Å². The van der Waals surface area contributed by atoms with Crippen molar-refractivity contribution in [3.8, 4) is 0 Å². The first kappa shape index (κ1) is 16.1. The van der Waals surface area contributed by atoms with E-state index in [4.69, 9.17) is 0 Å². The summed E-state index contributed by atoms with van der Waals surface area (Å²) in [6.07, 6.45) is 15.3. The fourth-order valence-corrected chi connectivity index (χ4v) is 3.50. The lowest BCUT2D eigenvalue weighted by Crippen LogP contribution is -2.42. The lowest BCUT2D eigenvalue weighted by Gasteiger charge is -2.33. The Hall–Kier alpha value is -1.32. The second kappa shape index (κ2) is 8.20. The Labute approximate surface area is 127 Å². The number of amidine groups is 1. The first-order chi connectivity index (χ1) is 10.2. The van der Waals surface area contributed by atoms with Crippen LogP contribution in [0, 0.1) is 0 Å². The predicted molar refractivity (Wildman–Crippen MR) is 85.5 cm³/mol. The average Bonchev–Trinajstić information content (AvgIpc) is 2.52. The summed E-state index contributed by atoms with van der Waals surface area (Å²) in [4.78, 5) is 18.3. The third kappa shape index (κ3) is 4.58. The summed E-state index contributed by atoms with van der Waals surface area (Å²) < 4.78 is 0. The molecule has 2 aliphatic carbocycles. The monoisotopic (exact) mass is 292 g/mol. The third-order valence-electron chi connectivity index (χ3n) is 4.59. The number of aliphatic carboxylic acids is 1. The summed E-state index contributed by atoms with van der Waals surface area (Å²) in [6, 6.07) is 0.495. The molecule has 2 aliphatic rings. The molecule has 21 heavy (non-hydrogen) atoms. The van der Waals surface area contributed by atoms with Crippen molar-refractivity contribution in [3.63, 3.8) is 0 Å². The zero-order chi connectivity index (χ0) is 15.1. The average molecular weight is 292 g/mol. The Bertz CT molecular complexity index is 392. The fraction of sp³-hybridized carbons (Fsp3) is 0.765. The largest absolute Gasteiger partial charge is 0.475 e. The standard InChI is InChI=1S/C17H28N2O2/c1-2-13-19(15-11-7-4-8-12-15)16(17(20)21)18-14-9-5-3-6-10-14/h2,13-15H,3-12H2,1H3,(H,20,21)/b13-2-,18-16?. The second-order valence-corrected chi connectivity index (χ2v) is 6.23. The van der Waals surface area contributed by atoms with Crippen molar-refractivity contribution in [3.05, 3.63) is 12.3 Å². The summed E-state index contributed by atoms with van der Waals surface area (Å²) in [6.45, 7) is 1.94. The number of carboxylic acid groups (broad SMARTS) is 1. The molecule has 2 rings (SSSR count). The van der Waals surface area contributed by atoms with Crippen molar-refractivity contribution in [1.82, 2.24) is 4.90 Å². The number of aliphatic imine (C=N–C) groups is 1. The molecule has 0 aromatic carbocycles. The smallest absolute Gasteiger partial charge is 0.371 e. The molecule has 0 aromatic rings. The van der Waals surface area contributed by atoms with Gasteiger partial charge >= 0.3 is 5.97 Å². The summed E-state index contributed by atoms with van der Waals surface area (Å²) in [5.74, 6) is -0.629. The van der Waals surface area contributed by atoms with Gasteiger partial charge in [-0.25, -0.2) is 4.79 Å². The topological polar surface area (TPSA) is 52.9 Å². The quantitative estimate of drug-likeness (QED) is 0.632. The van der Waals surface area contributed by atoms with E-state index in [1.165, 1.54) is 38.5 Å². The van der Waals surface area contributed by atoms with Gasteiger partial charge in [0.05, 0.1) is 6.04 Å². The minimum Gasteiger partial charge on any atom is -0.475 e. The highest BCUT2D eigenvalue weighted by Gasteiger charge is 2.27.